The summed E-state index contributed by atoms with van der Waals surface area (Å²) in [5, 5.41) is 9.98. The number of hydrogen-bond donors (Lipinski definition) is 0. The SMILES string of the molecule is c1ccc(-n2c3ccccc3c3ccc(N(c4ccc5c6ccccc6n6c5c4Sc4ccccc4-6)c4cc5ccccc5c5ccccc45)cc32)cc1. The van der Waals surface area contributed by atoms with Crippen molar-refractivity contribution in [2.24, 2.45) is 0 Å². The van der Waals surface area contributed by atoms with Crippen LogP contribution in [0.15, 0.2) is 198 Å². The first-order valence-electron chi connectivity index (χ1n) is 18.4. The van der Waals surface area contributed by atoms with Gasteiger partial charge in [0.2, 0.25) is 0 Å². The predicted molar refractivity (Wildman–Crippen MR) is 229 cm³/mol. The second-order valence-corrected chi connectivity index (χ2v) is 15.2. The molecule has 4 heteroatoms. The molecule has 0 fully saturated rings. The highest BCUT2D eigenvalue weighted by molar-refractivity contribution is 8.00. The van der Waals surface area contributed by atoms with Gasteiger partial charge in [-0.3, -0.25) is 0 Å². The van der Waals surface area contributed by atoms with E-state index in [9.17, 15) is 0 Å². The predicted octanol–water partition coefficient (Wildman–Crippen LogP) is 14.1. The second-order valence-electron chi connectivity index (χ2n) is 14.1. The Bertz CT molecular complexity index is 3320. The van der Waals surface area contributed by atoms with Crippen molar-refractivity contribution in [3.63, 3.8) is 0 Å². The molecule has 0 saturated heterocycles. The first-order valence-corrected chi connectivity index (χ1v) is 19.3. The fourth-order valence-electron chi connectivity index (χ4n) is 8.96. The highest BCUT2D eigenvalue weighted by atomic mass is 32.2. The average molecular weight is 706 g/mol. The molecule has 11 aromatic rings. The number of anilines is 3. The summed E-state index contributed by atoms with van der Waals surface area (Å²) in [5.74, 6) is 0. The molecule has 252 valence electrons. The van der Waals surface area contributed by atoms with Crippen molar-refractivity contribution in [3.05, 3.63) is 188 Å². The minimum atomic E-state index is 1.11. The van der Waals surface area contributed by atoms with Gasteiger partial charge in [-0.15, -0.1) is 0 Å². The zero-order valence-electron chi connectivity index (χ0n) is 29.1. The van der Waals surface area contributed by atoms with Gasteiger partial charge in [0, 0.05) is 43.2 Å². The third-order valence-corrected chi connectivity index (χ3v) is 12.4. The van der Waals surface area contributed by atoms with Crippen molar-refractivity contribution in [3.8, 4) is 11.4 Å². The van der Waals surface area contributed by atoms with Crippen LogP contribution in [0.2, 0.25) is 0 Å². The molecule has 0 atom stereocenters. The Morgan fingerprint density at radius 1 is 0.389 bits per heavy atom. The molecule has 12 rings (SSSR count). The van der Waals surface area contributed by atoms with E-state index < -0.39 is 0 Å². The second kappa shape index (κ2) is 11.4. The lowest BCUT2D eigenvalue weighted by Crippen LogP contribution is -2.13. The summed E-state index contributed by atoms with van der Waals surface area (Å²) < 4.78 is 4.91. The number of aromatic nitrogens is 2. The van der Waals surface area contributed by atoms with Gasteiger partial charge in [-0.1, -0.05) is 139 Å². The Hall–Kier alpha value is -6.75. The van der Waals surface area contributed by atoms with E-state index in [1.165, 1.54) is 80.6 Å². The number of rotatable bonds is 4. The molecule has 0 aliphatic carbocycles. The van der Waals surface area contributed by atoms with Crippen molar-refractivity contribution >= 4 is 94.0 Å². The summed E-state index contributed by atoms with van der Waals surface area (Å²) in [4.78, 5) is 5.03. The zero-order valence-corrected chi connectivity index (χ0v) is 30.0. The lowest BCUT2D eigenvalue weighted by molar-refractivity contribution is 1.08. The lowest BCUT2D eigenvalue weighted by Gasteiger charge is -2.31. The van der Waals surface area contributed by atoms with Crippen LogP contribution in [-0.2, 0) is 0 Å². The molecule has 0 radical (unpaired) electrons. The normalized spacial score (nSPS) is 12.4. The van der Waals surface area contributed by atoms with Crippen molar-refractivity contribution in [1.82, 2.24) is 9.13 Å². The van der Waals surface area contributed by atoms with Crippen molar-refractivity contribution < 1.29 is 0 Å². The molecule has 0 spiro atoms. The van der Waals surface area contributed by atoms with E-state index in [1.807, 2.05) is 11.8 Å². The van der Waals surface area contributed by atoms with Gasteiger partial charge in [0.25, 0.3) is 0 Å². The average Bonchev–Trinajstić information content (AvgIpc) is 3.76. The van der Waals surface area contributed by atoms with Gasteiger partial charge in [-0.2, -0.15) is 0 Å². The van der Waals surface area contributed by atoms with Crippen LogP contribution in [0.5, 0.6) is 0 Å². The summed E-state index contributed by atoms with van der Waals surface area (Å²) in [5.41, 5.74) is 10.7. The third-order valence-electron chi connectivity index (χ3n) is 11.2. The van der Waals surface area contributed by atoms with E-state index in [4.69, 9.17) is 0 Å². The fraction of sp³-hybridized carbons (Fsp3) is 0. The van der Waals surface area contributed by atoms with Crippen LogP contribution in [0.1, 0.15) is 0 Å². The van der Waals surface area contributed by atoms with Crippen molar-refractivity contribution in [2.45, 2.75) is 9.79 Å². The van der Waals surface area contributed by atoms with Gasteiger partial charge in [-0.25, -0.2) is 0 Å². The van der Waals surface area contributed by atoms with Crippen LogP contribution in [0.25, 0.3) is 76.5 Å². The molecule has 0 saturated carbocycles. The van der Waals surface area contributed by atoms with E-state index >= 15 is 0 Å². The van der Waals surface area contributed by atoms with Crippen molar-refractivity contribution in [1.29, 1.82) is 0 Å². The molecule has 3 nitrogen and oxygen atoms in total. The van der Waals surface area contributed by atoms with Crippen LogP contribution in [0.4, 0.5) is 17.1 Å². The van der Waals surface area contributed by atoms with Crippen LogP contribution in [0.3, 0.4) is 0 Å². The van der Waals surface area contributed by atoms with Gasteiger partial charge in [0.05, 0.1) is 44.0 Å². The quantitative estimate of drug-likeness (QED) is 0.169. The molecule has 0 bridgehead atoms. The summed E-state index contributed by atoms with van der Waals surface area (Å²) in [6, 6.07) is 69.0. The Balaban J connectivity index is 1.23. The number of para-hydroxylation sites is 4. The molecule has 0 N–H and O–H groups in total. The summed E-state index contributed by atoms with van der Waals surface area (Å²) in [6.45, 7) is 0. The Labute approximate surface area is 315 Å². The van der Waals surface area contributed by atoms with Gasteiger partial charge >= 0.3 is 0 Å². The largest absolute Gasteiger partial charge is 0.309 e. The Kier molecular flexibility index (Phi) is 6.27. The van der Waals surface area contributed by atoms with Gasteiger partial charge in [-0.05, 0) is 76.8 Å². The molecule has 3 heterocycles. The first kappa shape index (κ1) is 29.8. The fourth-order valence-corrected chi connectivity index (χ4v) is 10.2. The third kappa shape index (κ3) is 4.14. The number of benzene rings is 9. The van der Waals surface area contributed by atoms with Gasteiger partial charge < -0.3 is 14.0 Å². The van der Waals surface area contributed by atoms with E-state index in [-0.39, 0.29) is 0 Å². The molecule has 2 aromatic heterocycles. The Morgan fingerprint density at radius 3 is 1.83 bits per heavy atom. The highest BCUT2D eigenvalue weighted by Crippen LogP contribution is 2.54. The van der Waals surface area contributed by atoms with Crippen molar-refractivity contribution in [2.75, 3.05) is 4.90 Å². The summed E-state index contributed by atoms with van der Waals surface area (Å²) in [7, 11) is 0. The van der Waals surface area contributed by atoms with E-state index in [0.717, 1.165) is 22.7 Å². The molecule has 1 aliphatic rings. The van der Waals surface area contributed by atoms with Crippen LogP contribution in [-0.4, -0.2) is 9.13 Å². The molecule has 1 aliphatic heterocycles. The standard InChI is InChI=1S/C50H31N3S/c1-2-15-33(16-3-1)51-42-22-10-8-20-38(42)40-27-26-34(31-47(40)51)52(46-30-32-14-4-5-17-35(32)36-18-6-7-19-37(36)46)45-29-28-41-39-21-9-11-23-43(39)53-44-24-12-13-25-48(44)54-50(45)49(41)53/h1-31H. The maximum Gasteiger partial charge on any atom is 0.0702 e. The summed E-state index contributed by atoms with van der Waals surface area (Å²) in [6.07, 6.45) is 0. The molecule has 0 unspecified atom stereocenters. The smallest absolute Gasteiger partial charge is 0.0702 e. The molecular formula is C50H31N3S. The molecular weight excluding hydrogens is 675 g/mol. The number of hydrogen-bond acceptors (Lipinski definition) is 2. The van der Waals surface area contributed by atoms with Gasteiger partial charge in [0.15, 0.2) is 0 Å². The number of fused-ring (bicyclic) bond motifs is 11. The van der Waals surface area contributed by atoms with Crippen LogP contribution < -0.4 is 4.90 Å². The minimum absolute atomic E-state index is 1.11. The highest BCUT2D eigenvalue weighted by Gasteiger charge is 2.29. The van der Waals surface area contributed by atoms with Crippen LogP contribution in [0, 0.1) is 0 Å². The monoisotopic (exact) mass is 705 g/mol. The first-order chi connectivity index (χ1) is 26.8. The zero-order chi connectivity index (χ0) is 35.3. The molecule has 9 aromatic carbocycles. The lowest BCUT2D eigenvalue weighted by atomic mass is 9.98. The summed E-state index contributed by atoms with van der Waals surface area (Å²) >= 11 is 1.88. The maximum atomic E-state index is 2.53. The van der Waals surface area contributed by atoms with E-state index in [2.05, 4.69) is 202 Å². The molecule has 0 amide bonds. The van der Waals surface area contributed by atoms with E-state index in [0.29, 0.717) is 0 Å². The molecule has 54 heavy (non-hydrogen) atoms. The Morgan fingerprint density at radius 2 is 1.00 bits per heavy atom. The van der Waals surface area contributed by atoms with Gasteiger partial charge in [0.1, 0.15) is 0 Å². The topological polar surface area (TPSA) is 13.1 Å². The van der Waals surface area contributed by atoms with Crippen LogP contribution >= 0.6 is 11.8 Å². The maximum absolute atomic E-state index is 2.53. The minimum Gasteiger partial charge on any atom is -0.309 e. The van der Waals surface area contributed by atoms with E-state index in [1.54, 1.807) is 0 Å². The number of nitrogens with zero attached hydrogens (tertiary/aromatic N) is 3.